The summed E-state index contributed by atoms with van der Waals surface area (Å²) in [6.07, 6.45) is 7.20. The summed E-state index contributed by atoms with van der Waals surface area (Å²) in [5.74, 6) is 5.94. The largest absolute Gasteiger partial charge is 0.328 e. The van der Waals surface area contributed by atoms with Gasteiger partial charge in [-0.1, -0.05) is 0 Å². The normalized spacial score (nSPS) is 36.4. The molecule has 82 valence electrons. The van der Waals surface area contributed by atoms with E-state index < -0.39 is 0 Å². The summed E-state index contributed by atoms with van der Waals surface area (Å²) in [7, 11) is 0. The fourth-order valence-electron chi connectivity index (χ4n) is 3.08. The van der Waals surface area contributed by atoms with Gasteiger partial charge in [0.05, 0.1) is 0 Å². The minimum absolute atomic E-state index is 0.419. The highest BCUT2D eigenvalue weighted by Crippen LogP contribution is 2.45. The molecule has 0 amide bonds. The van der Waals surface area contributed by atoms with Crippen LogP contribution in [0.4, 0.5) is 0 Å². The first-order chi connectivity index (χ1) is 6.75. The third-order valence-corrected chi connectivity index (χ3v) is 4.96. The van der Waals surface area contributed by atoms with Crippen molar-refractivity contribution in [3.05, 3.63) is 0 Å². The first-order valence-corrected chi connectivity index (χ1v) is 7.24. The number of thioether (sulfide) groups is 1. The lowest BCUT2D eigenvalue weighted by Crippen LogP contribution is -2.35. The third kappa shape index (κ3) is 2.66. The van der Waals surface area contributed by atoms with E-state index >= 15 is 0 Å². The Balaban J connectivity index is 1.66. The van der Waals surface area contributed by atoms with Crippen LogP contribution in [0.15, 0.2) is 0 Å². The van der Waals surface area contributed by atoms with Gasteiger partial charge in [-0.25, -0.2) is 0 Å². The molecule has 1 atom stereocenters. The van der Waals surface area contributed by atoms with Crippen LogP contribution in [0.1, 0.15) is 39.0 Å². The molecule has 1 nitrogen and oxygen atoms in total. The fraction of sp³-hybridized carbons (Fsp3) is 1.00. The highest BCUT2D eigenvalue weighted by atomic mass is 32.2. The van der Waals surface area contributed by atoms with Gasteiger partial charge < -0.3 is 5.73 Å². The van der Waals surface area contributed by atoms with Crippen LogP contribution < -0.4 is 5.73 Å². The molecule has 2 aliphatic rings. The number of nitrogens with two attached hydrogens (primary N) is 1. The summed E-state index contributed by atoms with van der Waals surface area (Å²) in [5.41, 5.74) is 5.82. The maximum absolute atomic E-state index is 5.82. The molecule has 0 aromatic heterocycles. The molecule has 1 saturated heterocycles. The van der Waals surface area contributed by atoms with Crippen LogP contribution in [0.2, 0.25) is 0 Å². The van der Waals surface area contributed by atoms with Gasteiger partial charge in [-0.2, -0.15) is 11.8 Å². The first-order valence-electron chi connectivity index (χ1n) is 6.09. The Kier molecular flexibility index (Phi) is 3.78. The molecule has 0 aromatic rings. The molecule has 2 fully saturated rings. The first kappa shape index (κ1) is 10.8. The maximum Gasteiger partial charge on any atom is 0.00131 e. The van der Waals surface area contributed by atoms with Gasteiger partial charge in [0, 0.05) is 6.04 Å². The molecule has 2 N–H and O–H groups in total. The number of hydrogen-bond acceptors (Lipinski definition) is 2. The van der Waals surface area contributed by atoms with Gasteiger partial charge in [-0.3, -0.25) is 0 Å². The molecule has 1 saturated carbocycles. The second-order valence-corrected chi connectivity index (χ2v) is 6.49. The minimum atomic E-state index is 0.419. The highest BCUT2D eigenvalue weighted by Gasteiger charge is 2.35. The molecule has 1 aliphatic carbocycles. The van der Waals surface area contributed by atoms with Crippen LogP contribution in [0.3, 0.4) is 0 Å². The van der Waals surface area contributed by atoms with Gasteiger partial charge in [-0.05, 0) is 68.3 Å². The highest BCUT2D eigenvalue weighted by molar-refractivity contribution is 7.99. The van der Waals surface area contributed by atoms with Crippen molar-refractivity contribution in [3.63, 3.8) is 0 Å². The van der Waals surface area contributed by atoms with Crippen molar-refractivity contribution in [1.82, 2.24) is 0 Å². The maximum atomic E-state index is 5.82. The van der Waals surface area contributed by atoms with Gasteiger partial charge in [0.15, 0.2) is 0 Å². The van der Waals surface area contributed by atoms with Crippen molar-refractivity contribution in [2.45, 2.75) is 45.1 Å². The SMILES string of the molecule is CC(N)CC1CC(C2CCSCC2)C1. The predicted octanol–water partition coefficient (Wildman–Crippen LogP) is 2.89. The summed E-state index contributed by atoms with van der Waals surface area (Å²) in [6.45, 7) is 2.14. The summed E-state index contributed by atoms with van der Waals surface area (Å²) >= 11 is 2.14. The number of hydrogen-bond donors (Lipinski definition) is 1. The Bertz CT molecular complexity index is 169. The van der Waals surface area contributed by atoms with E-state index in [0.29, 0.717) is 6.04 Å². The Morgan fingerprint density at radius 1 is 1.21 bits per heavy atom. The standard InChI is InChI=1S/C12H23NS/c1-9(13)6-10-7-12(8-10)11-2-4-14-5-3-11/h9-12H,2-8,13H2,1H3. The zero-order chi connectivity index (χ0) is 9.97. The molecule has 0 radical (unpaired) electrons. The van der Waals surface area contributed by atoms with E-state index in [-0.39, 0.29) is 0 Å². The fourth-order valence-corrected chi connectivity index (χ4v) is 4.22. The molecule has 1 aliphatic heterocycles. The van der Waals surface area contributed by atoms with E-state index in [1.54, 1.807) is 0 Å². The zero-order valence-corrected chi connectivity index (χ0v) is 10.1. The molecule has 2 rings (SSSR count). The lowest BCUT2D eigenvalue weighted by Gasteiger charge is -2.42. The van der Waals surface area contributed by atoms with Crippen LogP contribution in [0, 0.1) is 17.8 Å². The second kappa shape index (κ2) is 4.89. The van der Waals surface area contributed by atoms with Crippen molar-refractivity contribution in [1.29, 1.82) is 0 Å². The molecule has 2 heteroatoms. The van der Waals surface area contributed by atoms with Crippen LogP contribution in [0.25, 0.3) is 0 Å². The topological polar surface area (TPSA) is 26.0 Å². The quantitative estimate of drug-likeness (QED) is 0.780. The molecule has 0 spiro atoms. The van der Waals surface area contributed by atoms with E-state index in [0.717, 1.165) is 17.8 Å². The van der Waals surface area contributed by atoms with E-state index in [9.17, 15) is 0 Å². The third-order valence-electron chi connectivity index (χ3n) is 3.91. The van der Waals surface area contributed by atoms with Gasteiger partial charge in [0.2, 0.25) is 0 Å². The Hall–Kier alpha value is 0.310. The predicted molar refractivity (Wildman–Crippen MR) is 64.5 cm³/mol. The smallest absolute Gasteiger partial charge is 0.00131 e. The lowest BCUT2D eigenvalue weighted by molar-refractivity contribution is 0.106. The van der Waals surface area contributed by atoms with Crippen molar-refractivity contribution in [2.24, 2.45) is 23.5 Å². The monoisotopic (exact) mass is 213 g/mol. The van der Waals surface area contributed by atoms with Crippen LogP contribution in [-0.4, -0.2) is 17.5 Å². The van der Waals surface area contributed by atoms with E-state index in [2.05, 4.69) is 18.7 Å². The molecular weight excluding hydrogens is 190 g/mol. The zero-order valence-electron chi connectivity index (χ0n) is 9.24. The summed E-state index contributed by atoms with van der Waals surface area (Å²) in [5, 5.41) is 0. The van der Waals surface area contributed by atoms with Gasteiger partial charge in [-0.15, -0.1) is 0 Å². The molecule has 0 aromatic carbocycles. The molecule has 0 bridgehead atoms. The average molecular weight is 213 g/mol. The molecule has 1 unspecified atom stereocenters. The summed E-state index contributed by atoms with van der Waals surface area (Å²) < 4.78 is 0. The van der Waals surface area contributed by atoms with Gasteiger partial charge >= 0.3 is 0 Å². The van der Waals surface area contributed by atoms with Gasteiger partial charge in [0.25, 0.3) is 0 Å². The Labute approximate surface area is 92.2 Å². The molecular formula is C12H23NS. The molecule has 1 heterocycles. The van der Waals surface area contributed by atoms with Crippen LogP contribution >= 0.6 is 11.8 Å². The van der Waals surface area contributed by atoms with Crippen molar-refractivity contribution in [2.75, 3.05) is 11.5 Å². The van der Waals surface area contributed by atoms with Crippen LogP contribution in [-0.2, 0) is 0 Å². The second-order valence-electron chi connectivity index (χ2n) is 5.26. The molecule has 14 heavy (non-hydrogen) atoms. The van der Waals surface area contributed by atoms with Crippen molar-refractivity contribution < 1.29 is 0 Å². The minimum Gasteiger partial charge on any atom is -0.328 e. The Morgan fingerprint density at radius 2 is 1.86 bits per heavy atom. The lowest BCUT2D eigenvalue weighted by atomic mass is 9.65. The van der Waals surface area contributed by atoms with E-state index in [1.165, 1.54) is 43.6 Å². The number of rotatable bonds is 3. The van der Waals surface area contributed by atoms with Crippen LogP contribution in [0.5, 0.6) is 0 Å². The van der Waals surface area contributed by atoms with E-state index in [1.807, 2.05) is 0 Å². The van der Waals surface area contributed by atoms with Crippen molar-refractivity contribution in [3.8, 4) is 0 Å². The summed E-state index contributed by atoms with van der Waals surface area (Å²) in [4.78, 5) is 0. The Morgan fingerprint density at radius 3 is 2.43 bits per heavy atom. The average Bonchev–Trinajstić information content (AvgIpc) is 2.12. The van der Waals surface area contributed by atoms with Crippen molar-refractivity contribution >= 4 is 11.8 Å². The summed E-state index contributed by atoms with van der Waals surface area (Å²) in [6, 6.07) is 0.419. The van der Waals surface area contributed by atoms with E-state index in [4.69, 9.17) is 5.73 Å². The van der Waals surface area contributed by atoms with Gasteiger partial charge in [0.1, 0.15) is 0 Å².